The first-order valence-corrected chi connectivity index (χ1v) is 9.72. The van der Waals surface area contributed by atoms with Crippen molar-refractivity contribution in [1.29, 1.82) is 0 Å². The monoisotopic (exact) mass is 360 g/mol. The third-order valence-corrected chi connectivity index (χ3v) is 5.24. The molecule has 0 atom stereocenters. The van der Waals surface area contributed by atoms with Gasteiger partial charge >= 0.3 is 0 Å². The van der Waals surface area contributed by atoms with Crippen LogP contribution in [0.15, 0.2) is 41.3 Å². The first kappa shape index (κ1) is 19.0. The summed E-state index contributed by atoms with van der Waals surface area (Å²) in [6.07, 6.45) is 0.845. The van der Waals surface area contributed by atoms with Crippen molar-refractivity contribution in [2.24, 2.45) is 0 Å². The molecule has 2 aromatic carbocycles. The molecule has 2 aromatic rings. The van der Waals surface area contributed by atoms with Crippen LogP contribution in [0.1, 0.15) is 40.4 Å². The molecule has 0 spiro atoms. The van der Waals surface area contributed by atoms with Gasteiger partial charge in [0.05, 0.1) is 10.6 Å². The molecule has 134 valence electrons. The van der Waals surface area contributed by atoms with Gasteiger partial charge in [0.25, 0.3) is 15.9 Å². The minimum atomic E-state index is -3.71. The number of carbonyl (C=O) groups excluding carboxylic acids is 1. The van der Waals surface area contributed by atoms with Crippen LogP contribution >= 0.6 is 0 Å². The average Bonchev–Trinajstić information content (AvgIpc) is 2.56. The highest BCUT2D eigenvalue weighted by molar-refractivity contribution is 7.92. The molecular formula is C19H24N2O3S. The van der Waals surface area contributed by atoms with Crippen LogP contribution in [0.2, 0.25) is 0 Å². The molecule has 0 bridgehead atoms. The maximum absolute atomic E-state index is 12.6. The highest BCUT2D eigenvalue weighted by Gasteiger charge is 2.17. The highest BCUT2D eigenvalue weighted by atomic mass is 32.2. The van der Waals surface area contributed by atoms with Crippen molar-refractivity contribution in [1.82, 2.24) is 5.32 Å². The van der Waals surface area contributed by atoms with Crippen molar-refractivity contribution in [2.45, 2.75) is 39.0 Å². The number of aryl methyl sites for hydroxylation is 3. The fraction of sp³-hybridized carbons (Fsp3) is 0.316. The van der Waals surface area contributed by atoms with Gasteiger partial charge in [-0.3, -0.25) is 9.52 Å². The first-order chi connectivity index (χ1) is 11.7. The van der Waals surface area contributed by atoms with Crippen LogP contribution < -0.4 is 10.0 Å². The minimum Gasteiger partial charge on any atom is -0.352 e. The number of hydrogen-bond acceptors (Lipinski definition) is 3. The van der Waals surface area contributed by atoms with Crippen molar-refractivity contribution < 1.29 is 13.2 Å². The molecule has 0 saturated heterocycles. The number of amides is 1. The lowest BCUT2D eigenvalue weighted by atomic mass is 10.1. The highest BCUT2D eigenvalue weighted by Crippen LogP contribution is 2.25. The maximum Gasteiger partial charge on any atom is 0.261 e. The zero-order chi connectivity index (χ0) is 18.6. The summed E-state index contributed by atoms with van der Waals surface area (Å²) in [4.78, 5) is 12.0. The summed E-state index contributed by atoms with van der Waals surface area (Å²) in [6.45, 7) is 8.28. The molecule has 0 aromatic heterocycles. The van der Waals surface area contributed by atoms with Crippen molar-refractivity contribution >= 4 is 21.6 Å². The molecular weight excluding hydrogens is 336 g/mol. The van der Waals surface area contributed by atoms with E-state index in [0.29, 0.717) is 17.8 Å². The zero-order valence-corrected chi connectivity index (χ0v) is 15.8. The van der Waals surface area contributed by atoms with Crippen molar-refractivity contribution in [2.75, 3.05) is 11.3 Å². The number of hydrogen-bond donors (Lipinski definition) is 2. The third-order valence-electron chi connectivity index (χ3n) is 3.88. The molecule has 2 rings (SSSR count). The van der Waals surface area contributed by atoms with Crippen LogP contribution in [0.25, 0.3) is 0 Å². The maximum atomic E-state index is 12.6. The van der Waals surface area contributed by atoms with Gasteiger partial charge in [0.2, 0.25) is 0 Å². The normalized spacial score (nSPS) is 11.2. The Bertz CT molecular complexity index is 849. The number of rotatable bonds is 6. The summed E-state index contributed by atoms with van der Waals surface area (Å²) >= 11 is 0. The second kappa shape index (κ2) is 7.70. The molecule has 25 heavy (non-hydrogen) atoms. The van der Waals surface area contributed by atoms with Crippen LogP contribution in [-0.2, 0) is 10.0 Å². The van der Waals surface area contributed by atoms with Gasteiger partial charge in [-0.2, -0.15) is 0 Å². The Kier molecular flexibility index (Phi) is 5.85. The van der Waals surface area contributed by atoms with Gasteiger partial charge in [0.1, 0.15) is 0 Å². The van der Waals surface area contributed by atoms with E-state index >= 15 is 0 Å². The molecule has 1 amide bonds. The summed E-state index contributed by atoms with van der Waals surface area (Å²) in [6, 6.07) is 9.81. The van der Waals surface area contributed by atoms with Gasteiger partial charge in [0.15, 0.2) is 0 Å². The number of benzene rings is 2. The Labute approximate surface area is 149 Å². The Hall–Kier alpha value is -2.34. The van der Waals surface area contributed by atoms with E-state index in [2.05, 4.69) is 10.0 Å². The van der Waals surface area contributed by atoms with E-state index in [4.69, 9.17) is 0 Å². The second-order valence-electron chi connectivity index (χ2n) is 6.16. The lowest BCUT2D eigenvalue weighted by Crippen LogP contribution is -2.24. The summed E-state index contributed by atoms with van der Waals surface area (Å²) in [5, 5.41) is 2.76. The Balaban J connectivity index is 2.24. The lowest BCUT2D eigenvalue weighted by Gasteiger charge is -2.14. The van der Waals surface area contributed by atoms with Crippen LogP contribution in [-0.4, -0.2) is 20.9 Å². The van der Waals surface area contributed by atoms with Crippen molar-refractivity contribution in [3.63, 3.8) is 0 Å². The molecule has 6 heteroatoms. The van der Waals surface area contributed by atoms with E-state index in [1.165, 1.54) is 24.3 Å². The van der Waals surface area contributed by atoms with E-state index in [9.17, 15) is 13.2 Å². The summed E-state index contributed by atoms with van der Waals surface area (Å²) in [7, 11) is -3.71. The molecule has 0 aliphatic rings. The second-order valence-corrected chi connectivity index (χ2v) is 7.84. The molecule has 5 nitrogen and oxygen atoms in total. The van der Waals surface area contributed by atoms with Crippen LogP contribution in [0.5, 0.6) is 0 Å². The van der Waals surface area contributed by atoms with E-state index in [0.717, 1.165) is 23.1 Å². The lowest BCUT2D eigenvalue weighted by molar-refractivity contribution is 0.0953. The largest absolute Gasteiger partial charge is 0.352 e. The SMILES string of the molecule is CCCNC(=O)c1ccc(S(=O)(=O)Nc2c(C)cc(C)cc2C)cc1. The quantitative estimate of drug-likeness (QED) is 0.827. The Morgan fingerprint density at radius 3 is 2.08 bits per heavy atom. The van der Waals surface area contributed by atoms with E-state index in [1.807, 2.05) is 39.8 Å². The third kappa shape index (κ3) is 4.60. The molecule has 2 N–H and O–H groups in total. The number of sulfonamides is 1. The number of nitrogens with one attached hydrogen (secondary N) is 2. The summed E-state index contributed by atoms with van der Waals surface area (Å²) in [5.74, 6) is -0.205. The summed E-state index contributed by atoms with van der Waals surface area (Å²) < 4.78 is 27.9. The molecule has 0 heterocycles. The van der Waals surface area contributed by atoms with Gasteiger partial charge in [-0.1, -0.05) is 24.6 Å². The average molecular weight is 360 g/mol. The van der Waals surface area contributed by atoms with Crippen LogP contribution in [0.3, 0.4) is 0 Å². The predicted molar refractivity (Wildman–Crippen MR) is 101 cm³/mol. The van der Waals surface area contributed by atoms with E-state index < -0.39 is 10.0 Å². The smallest absolute Gasteiger partial charge is 0.261 e. The molecule has 0 radical (unpaired) electrons. The number of anilines is 1. The number of carbonyl (C=O) groups is 1. The summed E-state index contributed by atoms with van der Waals surface area (Å²) in [5.41, 5.74) is 3.86. The molecule has 0 fully saturated rings. The molecule has 0 saturated carbocycles. The Morgan fingerprint density at radius 1 is 1.00 bits per heavy atom. The van der Waals surface area contributed by atoms with Gasteiger partial charge in [-0.15, -0.1) is 0 Å². The minimum absolute atomic E-state index is 0.124. The Morgan fingerprint density at radius 2 is 1.56 bits per heavy atom. The standard InChI is InChI=1S/C19H24N2O3S/c1-5-10-20-19(22)16-6-8-17(9-7-16)25(23,24)21-18-14(3)11-13(2)12-15(18)4/h6-9,11-12,21H,5,10H2,1-4H3,(H,20,22). The molecule has 0 unspecified atom stereocenters. The fourth-order valence-electron chi connectivity index (χ4n) is 2.66. The predicted octanol–water partition coefficient (Wildman–Crippen LogP) is 3.55. The van der Waals surface area contributed by atoms with Crippen LogP contribution in [0, 0.1) is 20.8 Å². The zero-order valence-electron chi connectivity index (χ0n) is 15.0. The first-order valence-electron chi connectivity index (χ1n) is 8.23. The van der Waals surface area contributed by atoms with Crippen molar-refractivity contribution in [3.8, 4) is 0 Å². The van der Waals surface area contributed by atoms with Gasteiger partial charge in [-0.05, 0) is 62.6 Å². The fourth-order valence-corrected chi connectivity index (χ4v) is 3.86. The van der Waals surface area contributed by atoms with Gasteiger partial charge < -0.3 is 5.32 Å². The van der Waals surface area contributed by atoms with Crippen LogP contribution in [0.4, 0.5) is 5.69 Å². The van der Waals surface area contributed by atoms with Crippen molar-refractivity contribution in [3.05, 3.63) is 58.7 Å². The van der Waals surface area contributed by atoms with Gasteiger partial charge in [0, 0.05) is 12.1 Å². The molecule has 0 aliphatic heterocycles. The topological polar surface area (TPSA) is 75.3 Å². The van der Waals surface area contributed by atoms with Gasteiger partial charge in [-0.25, -0.2) is 8.42 Å². The van der Waals surface area contributed by atoms with E-state index in [-0.39, 0.29) is 10.8 Å². The molecule has 0 aliphatic carbocycles. The van der Waals surface area contributed by atoms with E-state index in [1.54, 1.807) is 0 Å².